The number of rotatable bonds is 5. The molecule has 0 bridgehead atoms. The molecule has 1 aliphatic rings. The first-order chi connectivity index (χ1) is 15.6. The number of nitrogens with one attached hydrogen (secondary N) is 2. The van der Waals surface area contributed by atoms with Crippen molar-refractivity contribution in [1.29, 1.82) is 0 Å². The summed E-state index contributed by atoms with van der Waals surface area (Å²) in [4.78, 5) is 30.6. The Hall–Kier alpha value is -3.98. The molecule has 2 aromatic carbocycles. The number of Topliss-reactive ketones (excluding diaryl/α,β-unsaturated/α-hetero) is 1. The molecule has 9 nitrogen and oxygen atoms in total. The molecule has 0 spiro atoms. The number of ether oxygens (including phenoxy) is 1. The second-order valence-electron chi connectivity index (χ2n) is 7.63. The summed E-state index contributed by atoms with van der Waals surface area (Å²) < 4.78 is 5.42. The van der Waals surface area contributed by atoms with Gasteiger partial charge in [0, 0.05) is 41.3 Å². The number of carbonyl (C=O) groups is 1. The monoisotopic (exact) mass is 429 g/mol. The number of imidazole rings is 1. The van der Waals surface area contributed by atoms with Crippen molar-refractivity contribution in [1.82, 2.24) is 19.9 Å². The molecule has 32 heavy (non-hydrogen) atoms. The van der Waals surface area contributed by atoms with Gasteiger partial charge >= 0.3 is 0 Å². The number of ketones is 1. The Balaban J connectivity index is 1.46. The van der Waals surface area contributed by atoms with E-state index in [2.05, 4.69) is 37.3 Å². The number of nitrogen functional groups attached to an aromatic ring is 1. The minimum absolute atomic E-state index is 0.0412. The summed E-state index contributed by atoms with van der Waals surface area (Å²) in [6, 6.07) is 13.3. The average molecular weight is 429 g/mol. The molecular weight excluding hydrogens is 406 g/mol. The van der Waals surface area contributed by atoms with Crippen LogP contribution in [-0.2, 0) is 4.74 Å². The number of H-pyrrole nitrogens is 1. The summed E-state index contributed by atoms with van der Waals surface area (Å²) in [6.45, 7) is 4.78. The van der Waals surface area contributed by atoms with Gasteiger partial charge in [0.05, 0.1) is 19.5 Å². The second kappa shape index (κ2) is 8.27. The van der Waals surface area contributed by atoms with E-state index in [1.165, 1.54) is 6.92 Å². The summed E-state index contributed by atoms with van der Waals surface area (Å²) in [5, 5.41) is 3.26. The number of nitrogens with two attached hydrogens (primary N) is 1. The van der Waals surface area contributed by atoms with Gasteiger partial charge in [-0.25, -0.2) is 9.97 Å². The van der Waals surface area contributed by atoms with Gasteiger partial charge < -0.3 is 25.7 Å². The first-order valence-electron chi connectivity index (χ1n) is 10.4. The van der Waals surface area contributed by atoms with Gasteiger partial charge in [0.2, 0.25) is 5.95 Å². The Bertz CT molecular complexity index is 1280. The van der Waals surface area contributed by atoms with Gasteiger partial charge in [0.15, 0.2) is 11.4 Å². The number of hydrogen-bond donors (Lipinski definition) is 3. The van der Waals surface area contributed by atoms with Crippen LogP contribution in [0, 0.1) is 0 Å². The van der Waals surface area contributed by atoms with Crippen molar-refractivity contribution in [2.45, 2.75) is 6.92 Å². The van der Waals surface area contributed by atoms with Gasteiger partial charge in [-0.05, 0) is 43.3 Å². The fraction of sp³-hybridized carbons (Fsp3) is 0.217. The topological polar surface area (TPSA) is 122 Å². The van der Waals surface area contributed by atoms with Crippen LogP contribution in [0.4, 0.5) is 23.0 Å². The van der Waals surface area contributed by atoms with E-state index in [0.717, 1.165) is 37.7 Å². The number of anilines is 4. The maximum atomic E-state index is 11.7. The highest BCUT2D eigenvalue weighted by molar-refractivity contribution is 5.98. The number of aromatic nitrogens is 4. The predicted molar refractivity (Wildman–Crippen MR) is 124 cm³/mol. The van der Waals surface area contributed by atoms with Crippen LogP contribution in [0.15, 0.2) is 48.8 Å². The quantitative estimate of drug-likeness (QED) is 0.326. The van der Waals surface area contributed by atoms with Gasteiger partial charge in [-0.15, -0.1) is 0 Å². The van der Waals surface area contributed by atoms with Crippen LogP contribution in [0.3, 0.4) is 0 Å². The molecule has 4 N–H and O–H groups in total. The highest BCUT2D eigenvalue weighted by Gasteiger charge is 2.16. The lowest BCUT2D eigenvalue weighted by Gasteiger charge is -2.28. The molecule has 0 atom stereocenters. The fourth-order valence-electron chi connectivity index (χ4n) is 3.79. The van der Waals surface area contributed by atoms with E-state index < -0.39 is 0 Å². The number of fused-ring (bicyclic) bond motifs is 1. The van der Waals surface area contributed by atoms with E-state index in [1.54, 1.807) is 24.5 Å². The highest BCUT2D eigenvalue weighted by Crippen LogP contribution is 2.31. The molecule has 5 rings (SSSR count). The number of aromatic amines is 1. The molecule has 2 aromatic heterocycles. The van der Waals surface area contributed by atoms with Crippen LogP contribution in [0.5, 0.6) is 0 Å². The summed E-state index contributed by atoms with van der Waals surface area (Å²) >= 11 is 0. The molecule has 4 aromatic rings. The molecule has 1 saturated heterocycles. The Morgan fingerprint density at radius 2 is 1.91 bits per heavy atom. The van der Waals surface area contributed by atoms with E-state index in [-0.39, 0.29) is 5.78 Å². The summed E-state index contributed by atoms with van der Waals surface area (Å²) in [5.74, 6) is 0.370. The molecule has 0 amide bonds. The van der Waals surface area contributed by atoms with Crippen LogP contribution >= 0.6 is 0 Å². The Labute approximate surface area is 184 Å². The van der Waals surface area contributed by atoms with Crippen molar-refractivity contribution in [2.75, 3.05) is 42.3 Å². The van der Waals surface area contributed by atoms with Crippen LogP contribution in [0.2, 0.25) is 0 Å². The van der Waals surface area contributed by atoms with Gasteiger partial charge in [-0.2, -0.15) is 4.98 Å². The minimum atomic E-state index is -0.0412. The van der Waals surface area contributed by atoms with Crippen molar-refractivity contribution in [3.05, 3.63) is 54.4 Å². The number of carbonyl (C=O) groups excluding carboxylic acids is 1. The van der Waals surface area contributed by atoms with Crippen molar-refractivity contribution >= 4 is 40.0 Å². The zero-order valence-corrected chi connectivity index (χ0v) is 17.6. The lowest BCUT2D eigenvalue weighted by Crippen LogP contribution is -2.36. The largest absolute Gasteiger partial charge is 0.398 e. The Morgan fingerprint density at radius 1 is 1.12 bits per heavy atom. The van der Waals surface area contributed by atoms with E-state index >= 15 is 0 Å². The summed E-state index contributed by atoms with van der Waals surface area (Å²) in [6.07, 6.45) is 1.57. The second-order valence-corrected chi connectivity index (χ2v) is 7.63. The van der Waals surface area contributed by atoms with Crippen LogP contribution in [0.25, 0.3) is 22.4 Å². The minimum Gasteiger partial charge on any atom is -0.398 e. The smallest absolute Gasteiger partial charge is 0.229 e. The zero-order valence-electron chi connectivity index (χ0n) is 17.6. The highest BCUT2D eigenvalue weighted by atomic mass is 16.5. The maximum Gasteiger partial charge on any atom is 0.229 e. The Kier molecular flexibility index (Phi) is 5.16. The zero-order chi connectivity index (χ0) is 22.1. The number of nitrogens with zero attached hydrogens (tertiary/aromatic N) is 4. The molecule has 3 heterocycles. The van der Waals surface area contributed by atoms with Crippen LogP contribution < -0.4 is 16.0 Å². The van der Waals surface area contributed by atoms with Crippen molar-refractivity contribution < 1.29 is 9.53 Å². The van der Waals surface area contributed by atoms with Crippen molar-refractivity contribution in [3.8, 4) is 11.3 Å². The van der Waals surface area contributed by atoms with Crippen molar-refractivity contribution in [2.24, 2.45) is 0 Å². The van der Waals surface area contributed by atoms with E-state index in [0.29, 0.717) is 39.6 Å². The predicted octanol–water partition coefficient (Wildman–Crippen LogP) is 3.38. The molecule has 162 valence electrons. The summed E-state index contributed by atoms with van der Waals surface area (Å²) in [7, 11) is 0. The van der Waals surface area contributed by atoms with Crippen molar-refractivity contribution in [3.63, 3.8) is 0 Å². The third kappa shape index (κ3) is 3.85. The normalized spacial score (nSPS) is 14.0. The third-order valence-electron chi connectivity index (χ3n) is 5.50. The first kappa shape index (κ1) is 20.0. The van der Waals surface area contributed by atoms with Gasteiger partial charge in [-0.3, -0.25) is 4.79 Å². The van der Waals surface area contributed by atoms with Crippen LogP contribution in [0.1, 0.15) is 17.3 Å². The fourth-order valence-corrected chi connectivity index (χ4v) is 3.79. The lowest BCUT2D eigenvalue weighted by atomic mass is 10.0. The SMILES string of the molecule is CC(=O)c1ccc(-c2nc(Nc3ccc(N4CCOCC4)cc3)nc3nc[nH]c23)c(N)c1. The first-order valence-corrected chi connectivity index (χ1v) is 10.4. The number of hydrogen-bond acceptors (Lipinski definition) is 8. The number of benzene rings is 2. The molecule has 0 aliphatic carbocycles. The third-order valence-corrected chi connectivity index (χ3v) is 5.50. The molecule has 9 heteroatoms. The lowest BCUT2D eigenvalue weighted by molar-refractivity contribution is 0.101. The van der Waals surface area contributed by atoms with Gasteiger partial charge in [0.1, 0.15) is 11.2 Å². The maximum absolute atomic E-state index is 11.7. The van der Waals surface area contributed by atoms with E-state index in [4.69, 9.17) is 15.5 Å². The molecule has 0 unspecified atom stereocenters. The molecule has 0 radical (unpaired) electrons. The van der Waals surface area contributed by atoms with Gasteiger partial charge in [0.25, 0.3) is 0 Å². The molecule has 1 fully saturated rings. The van der Waals surface area contributed by atoms with E-state index in [9.17, 15) is 4.79 Å². The Morgan fingerprint density at radius 3 is 2.62 bits per heavy atom. The molecule has 0 saturated carbocycles. The standard InChI is InChI=1S/C23H23N7O2/c1-14(31)15-2-7-18(19(24)12-15)20-21-22(26-13-25-21)29-23(28-20)27-16-3-5-17(6-4-16)30-8-10-32-11-9-30/h2-7,12-13H,8-11,24H2,1H3,(H2,25,26,27,28,29). The average Bonchev–Trinajstić information content (AvgIpc) is 3.28. The van der Waals surface area contributed by atoms with Gasteiger partial charge in [-0.1, -0.05) is 6.07 Å². The van der Waals surface area contributed by atoms with Crippen LogP contribution in [-0.4, -0.2) is 52.0 Å². The molecular formula is C23H23N7O2. The molecule has 1 aliphatic heterocycles. The number of morpholine rings is 1. The van der Waals surface area contributed by atoms with E-state index in [1.807, 2.05) is 12.1 Å². The summed E-state index contributed by atoms with van der Waals surface area (Å²) in [5.41, 5.74) is 11.8.